The first kappa shape index (κ1) is 22.9. The minimum atomic E-state index is -0.836. The molecule has 2 rings (SSSR count). The van der Waals surface area contributed by atoms with Gasteiger partial charge in [0, 0.05) is 18.7 Å². The molecule has 3 amide bonds. The molecule has 0 fully saturated rings. The predicted octanol–water partition coefficient (Wildman–Crippen LogP) is 3.32. The second kappa shape index (κ2) is 10.4. The number of alkyl carbamates (subject to hydrolysis) is 1. The number of anilines is 1. The molecule has 1 atom stereocenters. The molecular formula is C23H29N3O4. The van der Waals surface area contributed by atoms with Gasteiger partial charge in [-0.25, -0.2) is 4.79 Å². The Kier molecular flexibility index (Phi) is 7.98. The zero-order valence-electron chi connectivity index (χ0n) is 17.8. The van der Waals surface area contributed by atoms with Crippen LogP contribution < -0.4 is 16.0 Å². The number of rotatable bonds is 8. The molecule has 0 bridgehead atoms. The van der Waals surface area contributed by atoms with E-state index in [4.69, 9.17) is 4.74 Å². The molecule has 0 saturated heterocycles. The number of hydrogen-bond donors (Lipinski definition) is 3. The maximum Gasteiger partial charge on any atom is 0.408 e. The molecule has 7 nitrogen and oxygen atoms in total. The van der Waals surface area contributed by atoms with Crippen molar-refractivity contribution >= 4 is 24.1 Å². The molecule has 0 spiro atoms. The lowest BCUT2D eigenvalue weighted by Crippen LogP contribution is -2.49. The predicted molar refractivity (Wildman–Crippen MR) is 116 cm³/mol. The molecule has 3 N–H and O–H groups in total. The molecule has 0 aliphatic heterocycles. The molecule has 0 radical (unpaired) electrons. The summed E-state index contributed by atoms with van der Waals surface area (Å²) in [6.45, 7) is 7.62. The summed E-state index contributed by atoms with van der Waals surface area (Å²) in [6.07, 6.45) is 0.164. The normalized spacial score (nSPS) is 11.9. The number of carbonyl (C=O) groups excluding carboxylic acids is 3. The molecule has 0 aliphatic carbocycles. The van der Waals surface area contributed by atoms with E-state index in [1.165, 1.54) is 0 Å². The van der Waals surface area contributed by atoms with Crippen molar-refractivity contribution < 1.29 is 19.1 Å². The first-order chi connectivity index (χ1) is 14.2. The van der Waals surface area contributed by atoms with Gasteiger partial charge < -0.3 is 20.7 Å². The Morgan fingerprint density at radius 2 is 1.77 bits per heavy atom. The first-order valence-corrected chi connectivity index (χ1v) is 9.78. The Morgan fingerprint density at radius 1 is 1.07 bits per heavy atom. The molecule has 30 heavy (non-hydrogen) atoms. The minimum absolute atomic E-state index is 0.243. The van der Waals surface area contributed by atoms with Crippen LogP contribution in [0.25, 0.3) is 0 Å². The van der Waals surface area contributed by atoms with Gasteiger partial charge in [-0.3, -0.25) is 9.59 Å². The van der Waals surface area contributed by atoms with Crippen LogP contribution >= 0.6 is 0 Å². The SMILES string of the molecule is Cc1ccc(CNC(=O)[C@H](Cc2cccc(NC=O)c2)NC(=O)OC(C)(C)C)cc1. The molecular weight excluding hydrogens is 382 g/mol. The van der Waals surface area contributed by atoms with E-state index in [1.54, 1.807) is 39.0 Å². The van der Waals surface area contributed by atoms with Crippen molar-refractivity contribution in [2.24, 2.45) is 0 Å². The van der Waals surface area contributed by atoms with E-state index in [1.807, 2.05) is 37.3 Å². The summed E-state index contributed by atoms with van der Waals surface area (Å²) < 4.78 is 5.31. The van der Waals surface area contributed by atoms with E-state index in [0.717, 1.165) is 16.7 Å². The van der Waals surface area contributed by atoms with E-state index in [-0.39, 0.29) is 12.3 Å². The van der Waals surface area contributed by atoms with Crippen molar-refractivity contribution in [3.63, 3.8) is 0 Å². The molecule has 2 aromatic rings. The van der Waals surface area contributed by atoms with Crippen molar-refractivity contribution in [3.05, 3.63) is 65.2 Å². The highest BCUT2D eigenvalue weighted by molar-refractivity contribution is 5.86. The number of hydrogen-bond acceptors (Lipinski definition) is 4. The van der Waals surface area contributed by atoms with Gasteiger partial charge in [-0.2, -0.15) is 0 Å². The van der Waals surface area contributed by atoms with Gasteiger partial charge >= 0.3 is 6.09 Å². The number of benzene rings is 2. The van der Waals surface area contributed by atoms with Crippen LogP contribution in [0.15, 0.2) is 48.5 Å². The third-order valence-electron chi connectivity index (χ3n) is 4.19. The number of ether oxygens (including phenoxy) is 1. The van der Waals surface area contributed by atoms with Gasteiger partial charge in [0.05, 0.1) is 0 Å². The average molecular weight is 412 g/mol. The largest absolute Gasteiger partial charge is 0.444 e. The van der Waals surface area contributed by atoms with E-state index < -0.39 is 17.7 Å². The second-order valence-corrected chi connectivity index (χ2v) is 8.07. The van der Waals surface area contributed by atoms with E-state index >= 15 is 0 Å². The number of carbonyl (C=O) groups is 3. The van der Waals surface area contributed by atoms with Crippen LogP contribution in [0.5, 0.6) is 0 Å². The Hall–Kier alpha value is -3.35. The fraction of sp³-hybridized carbons (Fsp3) is 0.348. The smallest absolute Gasteiger partial charge is 0.408 e. The quantitative estimate of drug-likeness (QED) is 0.581. The van der Waals surface area contributed by atoms with Gasteiger partial charge in [0.25, 0.3) is 0 Å². The van der Waals surface area contributed by atoms with Crippen molar-refractivity contribution in [1.82, 2.24) is 10.6 Å². The van der Waals surface area contributed by atoms with Crippen molar-refractivity contribution in [3.8, 4) is 0 Å². The third-order valence-corrected chi connectivity index (χ3v) is 4.19. The van der Waals surface area contributed by atoms with Crippen LogP contribution in [0, 0.1) is 6.92 Å². The van der Waals surface area contributed by atoms with Gasteiger partial charge in [-0.05, 0) is 51.0 Å². The van der Waals surface area contributed by atoms with Crippen molar-refractivity contribution in [2.75, 3.05) is 5.32 Å². The first-order valence-electron chi connectivity index (χ1n) is 9.78. The lowest BCUT2D eigenvalue weighted by Gasteiger charge is -2.23. The fourth-order valence-corrected chi connectivity index (χ4v) is 2.77. The van der Waals surface area contributed by atoms with Crippen LogP contribution in [0.1, 0.15) is 37.5 Å². The maximum atomic E-state index is 12.8. The van der Waals surface area contributed by atoms with E-state index in [2.05, 4.69) is 16.0 Å². The molecule has 7 heteroatoms. The monoisotopic (exact) mass is 411 g/mol. The lowest BCUT2D eigenvalue weighted by atomic mass is 10.0. The molecule has 160 valence electrons. The summed E-state index contributed by atoms with van der Waals surface area (Å²) in [5.74, 6) is -0.324. The topological polar surface area (TPSA) is 96.5 Å². The summed E-state index contributed by atoms with van der Waals surface area (Å²) >= 11 is 0. The van der Waals surface area contributed by atoms with Crippen molar-refractivity contribution in [2.45, 2.75) is 52.3 Å². The van der Waals surface area contributed by atoms with Gasteiger partial charge in [0.1, 0.15) is 11.6 Å². The summed E-state index contributed by atoms with van der Waals surface area (Å²) in [7, 11) is 0. The number of amides is 3. The van der Waals surface area contributed by atoms with Gasteiger partial charge in [0.2, 0.25) is 12.3 Å². The number of nitrogens with one attached hydrogen (secondary N) is 3. The molecule has 0 unspecified atom stereocenters. The third kappa shape index (κ3) is 7.95. The van der Waals surface area contributed by atoms with Gasteiger partial charge in [-0.15, -0.1) is 0 Å². The highest BCUT2D eigenvalue weighted by atomic mass is 16.6. The van der Waals surface area contributed by atoms with Crippen LogP contribution in [0.2, 0.25) is 0 Å². The summed E-state index contributed by atoms with van der Waals surface area (Å²) in [5.41, 5.74) is 2.81. The minimum Gasteiger partial charge on any atom is -0.444 e. The Bertz CT molecular complexity index is 873. The Balaban J connectivity index is 2.11. The van der Waals surface area contributed by atoms with Gasteiger partial charge in [-0.1, -0.05) is 42.0 Å². The van der Waals surface area contributed by atoms with E-state index in [9.17, 15) is 14.4 Å². The summed E-state index contributed by atoms with van der Waals surface area (Å²) in [6, 6.07) is 14.1. The highest BCUT2D eigenvalue weighted by Crippen LogP contribution is 2.13. The van der Waals surface area contributed by atoms with Crippen LogP contribution in [-0.2, 0) is 27.3 Å². The zero-order valence-corrected chi connectivity index (χ0v) is 17.8. The van der Waals surface area contributed by atoms with E-state index in [0.29, 0.717) is 18.6 Å². The molecule has 0 saturated carbocycles. The van der Waals surface area contributed by atoms with Crippen LogP contribution in [0.3, 0.4) is 0 Å². The lowest BCUT2D eigenvalue weighted by molar-refractivity contribution is -0.123. The molecule has 0 aliphatic rings. The van der Waals surface area contributed by atoms with Gasteiger partial charge in [0.15, 0.2) is 0 Å². The number of aryl methyl sites for hydroxylation is 1. The zero-order chi connectivity index (χ0) is 22.1. The van der Waals surface area contributed by atoms with Crippen molar-refractivity contribution in [1.29, 1.82) is 0 Å². The molecule has 2 aromatic carbocycles. The van der Waals surface area contributed by atoms with Crippen LogP contribution in [-0.4, -0.2) is 30.1 Å². The highest BCUT2D eigenvalue weighted by Gasteiger charge is 2.24. The molecule has 0 aromatic heterocycles. The Morgan fingerprint density at radius 3 is 2.40 bits per heavy atom. The standard InChI is InChI=1S/C23H29N3O4/c1-16-8-10-17(11-9-16)14-24-21(28)20(26-22(29)30-23(2,3)4)13-18-6-5-7-19(12-18)25-15-27/h5-12,15,20H,13-14H2,1-4H3,(H,24,28)(H,25,27)(H,26,29)/t20-/m0/s1. The maximum absolute atomic E-state index is 12.8. The Labute approximate surface area is 177 Å². The summed E-state index contributed by atoms with van der Waals surface area (Å²) in [4.78, 5) is 35.8. The second-order valence-electron chi connectivity index (χ2n) is 8.07. The average Bonchev–Trinajstić information content (AvgIpc) is 2.66. The van der Waals surface area contributed by atoms with Crippen LogP contribution in [0.4, 0.5) is 10.5 Å². The molecule has 0 heterocycles. The fourth-order valence-electron chi connectivity index (χ4n) is 2.77. The summed E-state index contributed by atoms with van der Waals surface area (Å²) in [5, 5.41) is 8.10.